The van der Waals surface area contributed by atoms with E-state index in [1.165, 1.54) is 6.07 Å². The minimum Gasteiger partial charge on any atom is -0.497 e. The summed E-state index contributed by atoms with van der Waals surface area (Å²) in [4.78, 5) is 10.6. The molecular weight excluding hydrogens is 256 g/mol. The van der Waals surface area contributed by atoms with Crippen LogP contribution in [0.25, 0.3) is 0 Å². The molecule has 0 aliphatic carbocycles. The van der Waals surface area contributed by atoms with Crippen LogP contribution in [-0.4, -0.2) is 12.0 Å². The fourth-order valence-electron chi connectivity index (χ4n) is 1.82. The first kappa shape index (κ1) is 13.9. The molecule has 2 aromatic carbocycles. The fourth-order valence-corrected chi connectivity index (χ4v) is 1.82. The van der Waals surface area contributed by atoms with Crippen molar-refractivity contribution in [2.24, 2.45) is 0 Å². The maximum absolute atomic E-state index is 11.0. The molecule has 2 aromatic rings. The van der Waals surface area contributed by atoms with Gasteiger partial charge in [0.25, 0.3) is 5.69 Å². The number of anilines is 1. The Bertz CT molecular complexity index is 609. The molecule has 0 heterocycles. The SMILES string of the molecule is [CH2]c1ccc(NCc2ccc(OC)cc2)c([N+](=O)[O-])c1. The smallest absolute Gasteiger partial charge is 0.292 e. The van der Waals surface area contributed by atoms with Crippen LogP contribution in [0.3, 0.4) is 0 Å². The fraction of sp³-hybridized carbons (Fsp3) is 0.133. The van der Waals surface area contributed by atoms with Gasteiger partial charge in [-0.2, -0.15) is 0 Å². The van der Waals surface area contributed by atoms with E-state index in [1.54, 1.807) is 19.2 Å². The van der Waals surface area contributed by atoms with E-state index in [1.807, 2.05) is 24.3 Å². The molecule has 0 unspecified atom stereocenters. The van der Waals surface area contributed by atoms with Crippen LogP contribution in [0, 0.1) is 17.0 Å². The first-order valence-corrected chi connectivity index (χ1v) is 6.07. The van der Waals surface area contributed by atoms with Crippen molar-refractivity contribution < 1.29 is 9.66 Å². The monoisotopic (exact) mass is 271 g/mol. The number of benzene rings is 2. The number of methoxy groups -OCH3 is 1. The molecule has 0 amide bonds. The van der Waals surface area contributed by atoms with Crippen molar-refractivity contribution in [3.8, 4) is 5.75 Å². The van der Waals surface area contributed by atoms with E-state index in [-0.39, 0.29) is 5.69 Å². The minimum absolute atomic E-state index is 0.0333. The quantitative estimate of drug-likeness (QED) is 0.668. The van der Waals surface area contributed by atoms with Gasteiger partial charge in [0.15, 0.2) is 0 Å². The van der Waals surface area contributed by atoms with Crippen LogP contribution in [0.1, 0.15) is 11.1 Å². The molecule has 1 radical (unpaired) electrons. The van der Waals surface area contributed by atoms with Crippen LogP contribution in [0.5, 0.6) is 5.75 Å². The maximum atomic E-state index is 11.0. The van der Waals surface area contributed by atoms with Gasteiger partial charge in [-0.15, -0.1) is 0 Å². The largest absolute Gasteiger partial charge is 0.497 e. The Kier molecular flexibility index (Phi) is 4.20. The summed E-state index contributed by atoms with van der Waals surface area (Å²) in [6.45, 7) is 4.20. The van der Waals surface area contributed by atoms with E-state index < -0.39 is 4.92 Å². The van der Waals surface area contributed by atoms with Crippen molar-refractivity contribution in [1.29, 1.82) is 0 Å². The summed E-state index contributed by atoms with van der Waals surface area (Å²) in [7, 11) is 1.61. The average molecular weight is 271 g/mol. The summed E-state index contributed by atoms with van der Waals surface area (Å²) < 4.78 is 5.08. The lowest BCUT2D eigenvalue weighted by Crippen LogP contribution is -2.02. The van der Waals surface area contributed by atoms with Gasteiger partial charge in [0.2, 0.25) is 0 Å². The lowest BCUT2D eigenvalue weighted by atomic mass is 10.1. The number of nitrogens with zero attached hydrogens (tertiary/aromatic N) is 1. The first-order valence-electron chi connectivity index (χ1n) is 6.07. The lowest BCUT2D eigenvalue weighted by Gasteiger charge is -2.08. The summed E-state index contributed by atoms with van der Waals surface area (Å²) in [6.07, 6.45) is 0. The summed E-state index contributed by atoms with van der Waals surface area (Å²) in [5.41, 5.74) is 2.15. The summed E-state index contributed by atoms with van der Waals surface area (Å²) in [5.74, 6) is 0.779. The Morgan fingerprint density at radius 3 is 2.55 bits per heavy atom. The molecule has 0 aromatic heterocycles. The van der Waals surface area contributed by atoms with Crippen molar-refractivity contribution >= 4 is 11.4 Å². The zero-order valence-electron chi connectivity index (χ0n) is 11.1. The zero-order valence-corrected chi connectivity index (χ0v) is 11.1. The van der Waals surface area contributed by atoms with E-state index >= 15 is 0 Å². The number of nitrogens with one attached hydrogen (secondary N) is 1. The molecule has 0 atom stereocenters. The molecule has 0 fully saturated rings. The number of hydrogen-bond donors (Lipinski definition) is 1. The third kappa shape index (κ3) is 3.26. The number of nitro benzene ring substituents is 1. The highest BCUT2D eigenvalue weighted by Gasteiger charge is 2.13. The Balaban J connectivity index is 2.12. The van der Waals surface area contributed by atoms with Crippen LogP contribution in [-0.2, 0) is 6.54 Å². The normalized spacial score (nSPS) is 10.1. The zero-order chi connectivity index (χ0) is 14.5. The molecule has 0 bridgehead atoms. The molecule has 0 spiro atoms. The third-order valence-corrected chi connectivity index (χ3v) is 2.90. The van der Waals surface area contributed by atoms with E-state index in [4.69, 9.17) is 4.74 Å². The van der Waals surface area contributed by atoms with Gasteiger partial charge in [0, 0.05) is 12.6 Å². The summed E-state index contributed by atoms with van der Waals surface area (Å²) >= 11 is 0. The predicted octanol–water partition coefficient (Wildman–Crippen LogP) is 3.40. The van der Waals surface area contributed by atoms with Crippen LogP contribution in [0.2, 0.25) is 0 Å². The predicted molar refractivity (Wildman–Crippen MR) is 77.9 cm³/mol. The third-order valence-electron chi connectivity index (χ3n) is 2.90. The lowest BCUT2D eigenvalue weighted by molar-refractivity contribution is -0.384. The highest BCUT2D eigenvalue weighted by atomic mass is 16.6. The van der Waals surface area contributed by atoms with Crippen molar-refractivity contribution in [1.82, 2.24) is 0 Å². The second kappa shape index (κ2) is 6.06. The maximum Gasteiger partial charge on any atom is 0.292 e. The Morgan fingerprint density at radius 2 is 1.95 bits per heavy atom. The first-order chi connectivity index (χ1) is 9.60. The molecule has 5 heteroatoms. The number of hydrogen-bond acceptors (Lipinski definition) is 4. The van der Waals surface area contributed by atoms with E-state index in [9.17, 15) is 10.1 Å². The van der Waals surface area contributed by atoms with Crippen LogP contribution in [0.15, 0.2) is 42.5 Å². The van der Waals surface area contributed by atoms with Gasteiger partial charge in [-0.1, -0.05) is 18.2 Å². The molecular formula is C15H15N2O3. The summed E-state index contributed by atoms with van der Waals surface area (Å²) in [5, 5.41) is 14.1. The standard InChI is InChI=1S/C15H15N2O3/c1-11-3-8-14(15(9-11)17(18)19)16-10-12-4-6-13(20-2)7-5-12/h3-9,16H,1,10H2,2H3. The van der Waals surface area contributed by atoms with Gasteiger partial charge in [-0.25, -0.2) is 0 Å². The van der Waals surface area contributed by atoms with Crippen molar-refractivity contribution in [3.05, 3.63) is 70.6 Å². The number of ether oxygens (including phenoxy) is 1. The van der Waals surface area contributed by atoms with Gasteiger partial charge in [0.05, 0.1) is 12.0 Å². The van der Waals surface area contributed by atoms with Crippen molar-refractivity contribution in [2.75, 3.05) is 12.4 Å². The molecule has 0 aliphatic heterocycles. The Morgan fingerprint density at radius 1 is 1.25 bits per heavy atom. The van der Waals surface area contributed by atoms with Crippen LogP contribution >= 0.6 is 0 Å². The van der Waals surface area contributed by atoms with Gasteiger partial charge < -0.3 is 10.1 Å². The molecule has 0 saturated heterocycles. The average Bonchev–Trinajstić information content (AvgIpc) is 2.46. The molecule has 20 heavy (non-hydrogen) atoms. The highest BCUT2D eigenvalue weighted by molar-refractivity contribution is 5.63. The van der Waals surface area contributed by atoms with Crippen LogP contribution in [0.4, 0.5) is 11.4 Å². The molecule has 0 saturated carbocycles. The highest BCUT2D eigenvalue weighted by Crippen LogP contribution is 2.25. The minimum atomic E-state index is -0.412. The van der Waals surface area contributed by atoms with Crippen molar-refractivity contribution in [3.63, 3.8) is 0 Å². The van der Waals surface area contributed by atoms with Gasteiger partial charge >= 0.3 is 0 Å². The Labute approximate surface area is 117 Å². The molecule has 2 rings (SSSR count). The molecule has 1 N–H and O–H groups in total. The molecule has 0 aliphatic rings. The Hall–Kier alpha value is -2.56. The second-order valence-corrected chi connectivity index (χ2v) is 4.31. The van der Waals surface area contributed by atoms with E-state index in [2.05, 4.69) is 12.2 Å². The topological polar surface area (TPSA) is 64.4 Å². The van der Waals surface area contributed by atoms with Crippen LogP contribution < -0.4 is 10.1 Å². The second-order valence-electron chi connectivity index (χ2n) is 4.31. The van der Waals surface area contributed by atoms with Crippen molar-refractivity contribution in [2.45, 2.75) is 6.54 Å². The number of nitro groups is 1. The molecule has 5 nitrogen and oxygen atoms in total. The summed E-state index contributed by atoms with van der Waals surface area (Å²) in [6, 6.07) is 12.4. The van der Waals surface area contributed by atoms with E-state index in [0.29, 0.717) is 17.8 Å². The van der Waals surface area contributed by atoms with Gasteiger partial charge in [0.1, 0.15) is 11.4 Å². The van der Waals surface area contributed by atoms with Gasteiger partial charge in [-0.3, -0.25) is 10.1 Å². The molecule has 103 valence electrons. The van der Waals surface area contributed by atoms with Gasteiger partial charge in [-0.05, 0) is 36.2 Å². The van der Waals surface area contributed by atoms with E-state index in [0.717, 1.165) is 11.3 Å². The number of rotatable bonds is 5.